The normalized spacial score (nSPS) is 13.5. The van der Waals surface area contributed by atoms with Gasteiger partial charge in [0, 0.05) is 32.2 Å². The van der Waals surface area contributed by atoms with E-state index in [1.54, 1.807) is 7.11 Å². The Bertz CT molecular complexity index is 748. The Balaban J connectivity index is 2.02. The lowest BCUT2D eigenvalue weighted by Crippen LogP contribution is -2.40. The quantitative estimate of drug-likeness (QED) is 0.258. The van der Waals surface area contributed by atoms with E-state index < -0.39 is 0 Å². The molecule has 0 radical (unpaired) electrons. The summed E-state index contributed by atoms with van der Waals surface area (Å²) in [5.74, 6) is 1.79. The van der Waals surface area contributed by atoms with E-state index in [4.69, 9.17) is 14.5 Å². The molecule has 3 N–H and O–H groups in total. The van der Waals surface area contributed by atoms with Crippen LogP contribution in [0.5, 0.6) is 5.75 Å². The number of nitrogens with one attached hydrogen (secondary N) is 2. The first-order valence-electron chi connectivity index (χ1n) is 11.1. The number of ether oxygens (including phenoxy) is 2. The molecule has 6 nitrogen and oxygen atoms in total. The summed E-state index contributed by atoms with van der Waals surface area (Å²) in [6.45, 7) is 7.33. The van der Waals surface area contributed by atoms with E-state index in [9.17, 15) is 5.11 Å². The number of hydrogen-bond acceptors (Lipinski definition) is 4. The van der Waals surface area contributed by atoms with E-state index in [2.05, 4.69) is 22.8 Å². The second-order valence-corrected chi connectivity index (χ2v) is 7.56. The van der Waals surface area contributed by atoms with Gasteiger partial charge in [0.15, 0.2) is 5.96 Å². The molecule has 2 aromatic rings. The molecule has 0 aliphatic rings. The van der Waals surface area contributed by atoms with Gasteiger partial charge in [0.05, 0.1) is 19.8 Å². The number of aliphatic hydroxyl groups is 1. The Morgan fingerprint density at radius 2 is 1.81 bits per heavy atom. The molecule has 0 fully saturated rings. The first-order valence-corrected chi connectivity index (χ1v) is 11.1. The maximum atomic E-state index is 9.97. The second-order valence-electron chi connectivity index (χ2n) is 7.56. The van der Waals surface area contributed by atoms with E-state index >= 15 is 0 Å². The van der Waals surface area contributed by atoms with E-state index in [1.807, 2.05) is 56.3 Å². The van der Waals surface area contributed by atoms with E-state index in [1.165, 1.54) is 5.56 Å². The lowest BCUT2D eigenvalue weighted by molar-refractivity contribution is 0.145. The fraction of sp³-hybridized carbons (Fsp3) is 0.480. The summed E-state index contributed by atoms with van der Waals surface area (Å²) in [7, 11) is 1.66. The minimum Gasteiger partial charge on any atom is -0.497 e. The van der Waals surface area contributed by atoms with Crippen molar-refractivity contribution in [2.75, 3.05) is 33.4 Å². The van der Waals surface area contributed by atoms with Crippen molar-refractivity contribution in [1.29, 1.82) is 0 Å². The van der Waals surface area contributed by atoms with Crippen molar-refractivity contribution in [3.8, 4) is 5.75 Å². The van der Waals surface area contributed by atoms with Crippen LogP contribution in [0.25, 0.3) is 0 Å². The number of benzene rings is 2. The Morgan fingerprint density at radius 1 is 1.06 bits per heavy atom. The fourth-order valence-corrected chi connectivity index (χ4v) is 3.30. The van der Waals surface area contributed by atoms with Crippen LogP contribution in [-0.4, -0.2) is 50.6 Å². The molecule has 0 aliphatic heterocycles. The molecule has 0 bridgehead atoms. The topological polar surface area (TPSA) is 75.1 Å². The minimum atomic E-state index is -0.370. The van der Waals surface area contributed by atoms with Gasteiger partial charge in [-0.1, -0.05) is 42.5 Å². The SMILES string of the molecule is CCOCCCNC(=NCc1ccc(OC)cc1)NCC(CC(C)O)c1ccccc1. The van der Waals surface area contributed by atoms with Gasteiger partial charge in [-0.2, -0.15) is 0 Å². The highest BCUT2D eigenvalue weighted by Crippen LogP contribution is 2.20. The third kappa shape index (κ3) is 9.85. The van der Waals surface area contributed by atoms with Crippen LogP contribution in [0.2, 0.25) is 0 Å². The summed E-state index contributed by atoms with van der Waals surface area (Å²) < 4.78 is 10.7. The van der Waals surface area contributed by atoms with Gasteiger partial charge in [0.1, 0.15) is 5.75 Å². The molecular weight excluding hydrogens is 390 g/mol. The third-order valence-corrected chi connectivity index (χ3v) is 4.95. The minimum absolute atomic E-state index is 0.192. The van der Waals surface area contributed by atoms with Gasteiger partial charge in [-0.3, -0.25) is 0 Å². The van der Waals surface area contributed by atoms with Crippen molar-refractivity contribution in [1.82, 2.24) is 10.6 Å². The van der Waals surface area contributed by atoms with Crippen LogP contribution in [0.3, 0.4) is 0 Å². The molecule has 0 heterocycles. The monoisotopic (exact) mass is 427 g/mol. The first-order chi connectivity index (χ1) is 15.1. The van der Waals surface area contributed by atoms with Gasteiger partial charge in [-0.25, -0.2) is 4.99 Å². The zero-order valence-corrected chi connectivity index (χ0v) is 19.0. The zero-order valence-electron chi connectivity index (χ0n) is 19.0. The Hall–Kier alpha value is -2.57. The second kappa shape index (κ2) is 14.4. The predicted octanol–water partition coefficient (Wildman–Crippen LogP) is 3.71. The van der Waals surface area contributed by atoms with E-state index in [0.717, 1.165) is 43.5 Å². The molecular formula is C25H37N3O3. The Kier molecular flexibility index (Phi) is 11.5. The highest BCUT2D eigenvalue weighted by molar-refractivity contribution is 5.79. The number of aliphatic hydroxyl groups excluding tert-OH is 1. The molecule has 2 aromatic carbocycles. The summed E-state index contributed by atoms with van der Waals surface area (Å²) in [5.41, 5.74) is 2.32. The van der Waals surface area contributed by atoms with Crippen molar-refractivity contribution in [3.05, 3.63) is 65.7 Å². The number of nitrogens with zero attached hydrogens (tertiary/aromatic N) is 1. The molecule has 0 aliphatic carbocycles. The molecule has 170 valence electrons. The average molecular weight is 428 g/mol. The molecule has 0 spiro atoms. The van der Waals surface area contributed by atoms with Crippen LogP contribution in [0.4, 0.5) is 0 Å². The number of aliphatic imine (C=N–C) groups is 1. The molecule has 0 aromatic heterocycles. The molecule has 0 amide bonds. The highest BCUT2D eigenvalue weighted by atomic mass is 16.5. The van der Waals surface area contributed by atoms with Gasteiger partial charge < -0.3 is 25.2 Å². The van der Waals surface area contributed by atoms with Crippen molar-refractivity contribution >= 4 is 5.96 Å². The molecule has 0 saturated carbocycles. The van der Waals surface area contributed by atoms with Crippen molar-refractivity contribution in [3.63, 3.8) is 0 Å². The van der Waals surface area contributed by atoms with Crippen molar-refractivity contribution in [2.24, 2.45) is 4.99 Å². The summed E-state index contributed by atoms with van der Waals surface area (Å²) in [5, 5.41) is 16.8. The maximum Gasteiger partial charge on any atom is 0.191 e. The first kappa shape index (κ1) is 24.7. The molecule has 6 heteroatoms. The molecule has 2 unspecified atom stereocenters. The fourth-order valence-electron chi connectivity index (χ4n) is 3.30. The van der Waals surface area contributed by atoms with E-state index in [0.29, 0.717) is 19.5 Å². The number of guanidine groups is 1. The molecule has 31 heavy (non-hydrogen) atoms. The third-order valence-electron chi connectivity index (χ3n) is 4.95. The van der Waals surface area contributed by atoms with E-state index in [-0.39, 0.29) is 12.0 Å². The highest BCUT2D eigenvalue weighted by Gasteiger charge is 2.15. The summed E-state index contributed by atoms with van der Waals surface area (Å²) in [6.07, 6.45) is 1.23. The van der Waals surface area contributed by atoms with Crippen LogP contribution >= 0.6 is 0 Å². The zero-order chi connectivity index (χ0) is 22.3. The van der Waals surface area contributed by atoms with Crippen LogP contribution in [0, 0.1) is 0 Å². The van der Waals surface area contributed by atoms with Gasteiger partial charge in [0.2, 0.25) is 0 Å². The van der Waals surface area contributed by atoms with Crippen molar-refractivity contribution < 1.29 is 14.6 Å². The van der Waals surface area contributed by atoms with Crippen LogP contribution in [0.1, 0.15) is 43.7 Å². The lowest BCUT2D eigenvalue weighted by atomic mass is 9.93. The largest absolute Gasteiger partial charge is 0.497 e. The standard InChI is InChI=1S/C25H37N3O3/c1-4-31-16-8-15-26-25(27-18-21-11-13-24(30-3)14-12-21)28-19-23(17-20(2)29)22-9-6-5-7-10-22/h5-7,9-14,20,23,29H,4,8,15-19H2,1-3H3,(H2,26,27,28). The number of hydrogen-bond donors (Lipinski definition) is 3. The molecule has 2 atom stereocenters. The Labute approximate surface area is 186 Å². The van der Waals surface area contributed by atoms with Crippen LogP contribution in [-0.2, 0) is 11.3 Å². The lowest BCUT2D eigenvalue weighted by Gasteiger charge is -2.21. The summed E-state index contributed by atoms with van der Waals surface area (Å²) >= 11 is 0. The van der Waals surface area contributed by atoms with Gasteiger partial charge in [-0.15, -0.1) is 0 Å². The van der Waals surface area contributed by atoms with Crippen molar-refractivity contribution in [2.45, 2.75) is 45.3 Å². The smallest absolute Gasteiger partial charge is 0.191 e. The van der Waals surface area contributed by atoms with Crippen LogP contribution < -0.4 is 15.4 Å². The van der Waals surface area contributed by atoms with Gasteiger partial charge >= 0.3 is 0 Å². The summed E-state index contributed by atoms with van der Waals surface area (Å²) in [6, 6.07) is 18.2. The summed E-state index contributed by atoms with van der Waals surface area (Å²) in [4.78, 5) is 4.76. The molecule has 0 saturated heterocycles. The van der Waals surface area contributed by atoms with Crippen LogP contribution in [0.15, 0.2) is 59.6 Å². The maximum absolute atomic E-state index is 9.97. The average Bonchev–Trinajstić information content (AvgIpc) is 2.80. The molecule has 2 rings (SSSR count). The van der Waals surface area contributed by atoms with Gasteiger partial charge in [-0.05, 0) is 49.9 Å². The number of rotatable bonds is 13. The van der Waals surface area contributed by atoms with Gasteiger partial charge in [0.25, 0.3) is 0 Å². The predicted molar refractivity (Wildman–Crippen MR) is 127 cm³/mol. The Morgan fingerprint density at radius 3 is 2.45 bits per heavy atom. The number of methoxy groups -OCH3 is 1.